The van der Waals surface area contributed by atoms with Crippen LogP contribution >= 0.6 is 0 Å². The van der Waals surface area contributed by atoms with E-state index in [0.717, 1.165) is 6.61 Å². The Bertz CT molecular complexity index is 154. The highest BCUT2D eigenvalue weighted by atomic mass is 16.5. The fourth-order valence-corrected chi connectivity index (χ4v) is 1.55. The normalized spacial score (nSPS) is 20.3. The van der Waals surface area contributed by atoms with Crippen molar-refractivity contribution in [2.45, 2.75) is 38.6 Å². The maximum atomic E-state index is 5.94. The van der Waals surface area contributed by atoms with Gasteiger partial charge in [0.25, 0.3) is 0 Å². The molecular formula is C10H19NO. The Morgan fingerprint density at radius 2 is 2.42 bits per heavy atom. The predicted octanol–water partition coefficient (Wildman–Crippen LogP) is 1.85. The van der Waals surface area contributed by atoms with Gasteiger partial charge in [-0.15, -0.1) is 0 Å². The van der Waals surface area contributed by atoms with Gasteiger partial charge in [-0.05, 0) is 32.6 Å². The number of hydrogen-bond donors (Lipinski definition) is 1. The maximum absolute atomic E-state index is 5.94. The first kappa shape index (κ1) is 9.75. The van der Waals surface area contributed by atoms with Gasteiger partial charge in [0, 0.05) is 12.6 Å². The SMILES string of the molecule is CCOCC(N)C1=CCCCC1. The molecule has 1 unspecified atom stereocenters. The lowest BCUT2D eigenvalue weighted by Gasteiger charge is -2.19. The van der Waals surface area contributed by atoms with Gasteiger partial charge >= 0.3 is 0 Å². The molecule has 0 bridgehead atoms. The number of rotatable bonds is 4. The third-order valence-corrected chi connectivity index (χ3v) is 2.30. The van der Waals surface area contributed by atoms with Crippen LogP contribution in [-0.4, -0.2) is 19.3 Å². The molecule has 1 aliphatic carbocycles. The molecule has 1 atom stereocenters. The summed E-state index contributed by atoms with van der Waals surface area (Å²) in [5.74, 6) is 0. The van der Waals surface area contributed by atoms with Gasteiger partial charge in [-0.1, -0.05) is 11.6 Å². The number of nitrogens with two attached hydrogens (primary N) is 1. The first-order chi connectivity index (χ1) is 5.84. The summed E-state index contributed by atoms with van der Waals surface area (Å²) in [6.07, 6.45) is 7.28. The zero-order valence-electron chi connectivity index (χ0n) is 7.88. The second-order valence-electron chi connectivity index (χ2n) is 3.29. The van der Waals surface area contributed by atoms with Gasteiger partial charge in [-0.2, -0.15) is 0 Å². The first-order valence-electron chi connectivity index (χ1n) is 4.87. The summed E-state index contributed by atoms with van der Waals surface area (Å²) in [5, 5.41) is 0. The summed E-state index contributed by atoms with van der Waals surface area (Å²) in [7, 11) is 0. The molecule has 0 fully saturated rings. The second-order valence-corrected chi connectivity index (χ2v) is 3.29. The molecule has 0 aromatic heterocycles. The quantitative estimate of drug-likeness (QED) is 0.652. The lowest BCUT2D eigenvalue weighted by molar-refractivity contribution is 0.139. The van der Waals surface area contributed by atoms with Crippen molar-refractivity contribution in [2.75, 3.05) is 13.2 Å². The van der Waals surface area contributed by atoms with Crippen molar-refractivity contribution in [1.82, 2.24) is 0 Å². The van der Waals surface area contributed by atoms with E-state index in [1.165, 1.54) is 31.3 Å². The Hall–Kier alpha value is -0.340. The van der Waals surface area contributed by atoms with Crippen LogP contribution in [0.15, 0.2) is 11.6 Å². The third-order valence-electron chi connectivity index (χ3n) is 2.30. The van der Waals surface area contributed by atoms with Crippen LogP contribution in [0.3, 0.4) is 0 Å². The summed E-state index contributed by atoms with van der Waals surface area (Å²) in [6.45, 7) is 3.45. The first-order valence-corrected chi connectivity index (χ1v) is 4.87. The van der Waals surface area contributed by atoms with Crippen LogP contribution in [0.4, 0.5) is 0 Å². The highest BCUT2D eigenvalue weighted by Gasteiger charge is 2.11. The summed E-state index contributed by atoms with van der Waals surface area (Å²) in [6, 6.07) is 0.144. The number of allylic oxidation sites excluding steroid dienone is 1. The Labute approximate surface area is 74.8 Å². The topological polar surface area (TPSA) is 35.2 Å². The van der Waals surface area contributed by atoms with Gasteiger partial charge < -0.3 is 10.5 Å². The van der Waals surface area contributed by atoms with Crippen molar-refractivity contribution < 1.29 is 4.74 Å². The van der Waals surface area contributed by atoms with Crippen molar-refractivity contribution in [3.8, 4) is 0 Å². The molecule has 1 aliphatic rings. The molecule has 2 nitrogen and oxygen atoms in total. The highest BCUT2D eigenvalue weighted by Crippen LogP contribution is 2.19. The van der Waals surface area contributed by atoms with E-state index < -0.39 is 0 Å². The van der Waals surface area contributed by atoms with E-state index in [4.69, 9.17) is 10.5 Å². The molecule has 1 rings (SSSR count). The van der Waals surface area contributed by atoms with E-state index in [9.17, 15) is 0 Å². The van der Waals surface area contributed by atoms with Crippen molar-refractivity contribution in [3.05, 3.63) is 11.6 Å². The lowest BCUT2D eigenvalue weighted by atomic mass is 9.95. The fraction of sp³-hybridized carbons (Fsp3) is 0.800. The van der Waals surface area contributed by atoms with E-state index in [-0.39, 0.29) is 6.04 Å². The monoisotopic (exact) mass is 169 g/mol. The van der Waals surface area contributed by atoms with Crippen molar-refractivity contribution in [1.29, 1.82) is 0 Å². The van der Waals surface area contributed by atoms with Gasteiger partial charge in [0.2, 0.25) is 0 Å². The average molecular weight is 169 g/mol. The molecule has 2 N–H and O–H groups in total. The molecule has 0 amide bonds. The Morgan fingerprint density at radius 3 is 3.00 bits per heavy atom. The highest BCUT2D eigenvalue weighted by molar-refractivity contribution is 5.12. The average Bonchev–Trinajstić information content (AvgIpc) is 2.15. The van der Waals surface area contributed by atoms with Crippen LogP contribution in [0.25, 0.3) is 0 Å². The Kier molecular flexibility index (Phi) is 4.33. The molecule has 0 aromatic rings. The molecule has 0 aliphatic heterocycles. The molecule has 0 aromatic carbocycles. The van der Waals surface area contributed by atoms with Crippen molar-refractivity contribution >= 4 is 0 Å². The molecule has 2 heteroatoms. The Balaban J connectivity index is 2.29. The van der Waals surface area contributed by atoms with Gasteiger partial charge in [0.05, 0.1) is 6.61 Å². The molecule has 0 saturated heterocycles. The standard InChI is InChI=1S/C10H19NO/c1-2-12-8-10(11)9-6-4-3-5-7-9/h6,10H,2-5,7-8,11H2,1H3. The fourth-order valence-electron chi connectivity index (χ4n) is 1.55. The predicted molar refractivity (Wildman–Crippen MR) is 51.0 cm³/mol. The van der Waals surface area contributed by atoms with Crippen LogP contribution < -0.4 is 5.73 Å². The van der Waals surface area contributed by atoms with Crippen LogP contribution in [0.5, 0.6) is 0 Å². The summed E-state index contributed by atoms with van der Waals surface area (Å²) < 4.78 is 5.28. The molecule has 70 valence electrons. The zero-order chi connectivity index (χ0) is 8.81. The number of ether oxygens (including phenoxy) is 1. The third kappa shape index (κ3) is 2.95. The van der Waals surface area contributed by atoms with E-state index in [2.05, 4.69) is 6.08 Å². The smallest absolute Gasteiger partial charge is 0.0655 e. The zero-order valence-corrected chi connectivity index (χ0v) is 7.88. The van der Waals surface area contributed by atoms with Gasteiger partial charge in [0.1, 0.15) is 0 Å². The van der Waals surface area contributed by atoms with E-state index in [0.29, 0.717) is 6.61 Å². The Morgan fingerprint density at radius 1 is 1.58 bits per heavy atom. The van der Waals surface area contributed by atoms with Gasteiger partial charge in [0.15, 0.2) is 0 Å². The molecule has 0 heterocycles. The molecular weight excluding hydrogens is 150 g/mol. The summed E-state index contributed by atoms with van der Waals surface area (Å²) >= 11 is 0. The minimum Gasteiger partial charge on any atom is -0.380 e. The van der Waals surface area contributed by atoms with Gasteiger partial charge in [-0.3, -0.25) is 0 Å². The number of hydrogen-bond acceptors (Lipinski definition) is 2. The van der Waals surface area contributed by atoms with Crippen LogP contribution in [-0.2, 0) is 4.74 Å². The molecule has 0 saturated carbocycles. The van der Waals surface area contributed by atoms with Crippen LogP contribution in [0.1, 0.15) is 32.6 Å². The van der Waals surface area contributed by atoms with Gasteiger partial charge in [-0.25, -0.2) is 0 Å². The van der Waals surface area contributed by atoms with Crippen LogP contribution in [0.2, 0.25) is 0 Å². The minimum atomic E-state index is 0.144. The largest absolute Gasteiger partial charge is 0.380 e. The van der Waals surface area contributed by atoms with E-state index >= 15 is 0 Å². The second kappa shape index (κ2) is 5.33. The summed E-state index contributed by atoms with van der Waals surface area (Å²) in [5.41, 5.74) is 7.34. The molecule has 12 heavy (non-hydrogen) atoms. The summed E-state index contributed by atoms with van der Waals surface area (Å²) in [4.78, 5) is 0. The molecule has 0 spiro atoms. The van der Waals surface area contributed by atoms with Crippen LogP contribution in [0, 0.1) is 0 Å². The van der Waals surface area contributed by atoms with E-state index in [1.54, 1.807) is 0 Å². The maximum Gasteiger partial charge on any atom is 0.0655 e. The van der Waals surface area contributed by atoms with Crippen molar-refractivity contribution in [3.63, 3.8) is 0 Å². The lowest BCUT2D eigenvalue weighted by Crippen LogP contribution is -2.29. The van der Waals surface area contributed by atoms with Crippen molar-refractivity contribution in [2.24, 2.45) is 5.73 Å². The minimum absolute atomic E-state index is 0.144. The molecule has 0 radical (unpaired) electrons. The van der Waals surface area contributed by atoms with E-state index in [1.807, 2.05) is 6.92 Å².